The number of carboxylic acid groups (broad SMARTS) is 1. The fourth-order valence-electron chi connectivity index (χ4n) is 1.11. The Bertz CT molecular complexity index is 628. The van der Waals surface area contributed by atoms with E-state index in [1.807, 2.05) is 0 Å². The van der Waals surface area contributed by atoms with E-state index in [2.05, 4.69) is 0 Å². The van der Waals surface area contributed by atoms with Crippen LogP contribution in [-0.2, 0) is 10.0 Å². The highest BCUT2D eigenvalue weighted by molar-refractivity contribution is 7.89. The third-order valence-electron chi connectivity index (χ3n) is 1.81. The Hall–Kier alpha value is -1.67. The summed E-state index contributed by atoms with van der Waals surface area (Å²) in [7, 11) is -3.85. The van der Waals surface area contributed by atoms with Crippen molar-refractivity contribution in [3.8, 4) is 0 Å². The molecule has 0 unspecified atom stereocenters. The quantitative estimate of drug-likeness (QED) is 0.861. The van der Waals surface area contributed by atoms with Crippen LogP contribution in [0.4, 0.5) is 4.39 Å². The Labute approximate surface area is 106 Å². The molecule has 2 N–H and O–H groups in total. The molecule has 18 heavy (non-hydrogen) atoms. The van der Waals surface area contributed by atoms with Crippen molar-refractivity contribution < 1.29 is 27.5 Å². The van der Waals surface area contributed by atoms with Crippen molar-refractivity contribution in [3.63, 3.8) is 0 Å². The van der Waals surface area contributed by atoms with E-state index in [0.29, 0.717) is 6.07 Å². The van der Waals surface area contributed by atoms with Crippen LogP contribution in [0.5, 0.6) is 0 Å². The zero-order valence-corrected chi connectivity index (χ0v) is 10.5. The highest BCUT2D eigenvalue weighted by atomic mass is 35.5. The maximum Gasteiger partial charge on any atom is 0.337 e. The third kappa shape index (κ3) is 3.41. The number of amides is 1. The molecule has 0 aliphatic heterocycles. The first kappa shape index (κ1) is 14.4. The summed E-state index contributed by atoms with van der Waals surface area (Å²) in [6.07, 6.45) is 0.718. The molecule has 1 aromatic carbocycles. The minimum absolute atomic E-state index is 0.373. The summed E-state index contributed by atoms with van der Waals surface area (Å²) >= 11 is 5.53. The van der Waals surface area contributed by atoms with Gasteiger partial charge >= 0.3 is 5.97 Å². The number of halogens is 2. The van der Waals surface area contributed by atoms with Gasteiger partial charge in [0.15, 0.2) is 0 Å². The Balaban J connectivity index is 3.24. The van der Waals surface area contributed by atoms with Crippen LogP contribution in [0, 0.1) is 5.82 Å². The molecule has 0 aromatic heterocycles. The lowest BCUT2D eigenvalue weighted by Gasteiger charge is -2.06. The molecular formula is C9H7ClFNO5S. The smallest absolute Gasteiger partial charge is 0.337 e. The van der Waals surface area contributed by atoms with E-state index in [9.17, 15) is 22.4 Å². The lowest BCUT2D eigenvalue weighted by molar-refractivity contribution is 0.0695. The zero-order valence-electron chi connectivity index (χ0n) is 8.90. The minimum Gasteiger partial charge on any atom is -0.478 e. The molecular weight excluding hydrogens is 289 g/mol. The van der Waals surface area contributed by atoms with E-state index in [1.165, 1.54) is 4.72 Å². The molecule has 0 saturated carbocycles. The monoisotopic (exact) mass is 295 g/mol. The van der Waals surface area contributed by atoms with E-state index >= 15 is 0 Å². The number of hydrogen-bond acceptors (Lipinski definition) is 4. The zero-order chi connectivity index (χ0) is 14.1. The van der Waals surface area contributed by atoms with Crippen molar-refractivity contribution in [1.82, 2.24) is 4.72 Å². The standard InChI is InChI=1S/C9H7ClFNO5S/c1-18(16,17)12-8(13)5-2-6(10)4(9(14)15)3-7(5)11/h2-3H,1H3,(H,12,13)(H,14,15). The molecule has 0 aliphatic carbocycles. The largest absolute Gasteiger partial charge is 0.478 e. The predicted molar refractivity (Wildman–Crippen MR) is 60.7 cm³/mol. The molecule has 0 atom stereocenters. The molecule has 98 valence electrons. The molecule has 0 fully saturated rings. The highest BCUT2D eigenvalue weighted by Crippen LogP contribution is 2.21. The molecule has 9 heteroatoms. The number of hydrogen-bond donors (Lipinski definition) is 2. The number of carbonyl (C=O) groups excluding carboxylic acids is 1. The summed E-state index contributed by atoms with van der Waals surface area (Å²) in [5.74, 6) is -3.87. The molecule has 1 rings (SSSR count). The van der Waals surface area contributed by atoms with Gasteiger partial charge in [-0.2, -0.15) is 0 Å². The average Bonchev–Trinajstić information content (AvgIpc) is 2.17. The molecule has 0 aliphatic rings. The second kappa shape index (κ2) is 4.91. The van der Waals surface area contributed by atoms with Crippen LogP contribution in [-0.4, -0.2) is 31.7 Å². The Kier molecular flexibility index (Phi) is 3.92. The second-order valence-corrected chi connectivity index (χ2v) is 5.48. The van der Waals surface area contributed by atoms with Gasteiger partial charge < -0.3 is 5.11 Å². The second-order valence-electron chi connectivity index (χ2n) is 3.32. The summed E-state index contributed by atoms with van der Waals surface area (Å²) in [5.41, 5.74) is -1.18. The number of aromatic carboxylic acids is 1. The van der Waals surface area contributed by atoms with Crippen LogP contribution >= 0.6 is 11.6 Å². The SMILES string of the molecule is CS(=O)(=O)NC(=O)c1cc(Cl)c(C(=O)O)cc1F. The van der Waals surface area contributed by atoms with Gasteiger partial charge in [0.1, 0.15) is 5.82 Å². The van der Waals surface area contributed by atoms with Gasteiger partial charge in [0.2, 0.25) is 10.0 Å². The van der Waals surface area contributed by atoms with E-state index in [0.717, 1.165) is 12.3 Å². The van der Waals surface area contributed by atoms with Crippen molar-refractivity contribution in [3.05, 3.63) is 34.1 Å². The summed E-state index contributed by atoms with van der Waals surface area (Å²) < 4.78 is 36.6. The van der Waals surface area contributed by atoms with E-state index in [1.54, 1.807) is 0 Å². The van der Waals surface area contributed by atoms with Gasteiger partial charge in [-0.15, -0.1) is 0 Å². The van der Waals surface area contributed by atoms with E-state index in [4.69, 9.17) is 16.7 Å². The molecule has 0 radical (unpaired) electrons. The lowest BCUT2D eigenvalue weighted by atomic mass is 10.1. The Morgan fingerprint density at radius 1 is 1.33 bits per heavy atom. The van der Waals surface area contributed by atoms with Crippen molar-refractivity contribution in [2.75, 3.05) is 6.26 Å². The molecule has 0 heterocycles. The van der Waals surface area contributed by atoms with Crippen molar-refractivity contribution in [2.45, 2.75) is 0 Å². The number of carbonyl (C=O) groups is 2. The highest BCUT2D eigenvalue weighted by Gasteiger charge is 2.20. The van der Waals surface area contributed by atoms with Crippen LogP contribution in [0.1, 0.15) is 20.7 Å². The number of benzene rings is 1. The number of nitrogens with one attached hydrogen (secondary N) is 1. The van der Waals surface area contributed by atoms with Crippen molar-refractivity contribution >= 4 is 33.5 Å². The van der Waals surface area contributed by atoms with Gasteiger partial charge in [-0.3, -0.25) is 4.79 Å². The third-order valence-corrected chi connectivity index (χ3v) is 2.68. The molecule has 0 saturated heterocycles. The first-order chi connectivity index (χ1) is 8.11. The van der Waals surface area contributed by atoms with E-state index < -0.39 is 38.8 Å². The minimum atomic E-state index is -3.85. The number of sulfonamides is 1. The van der Waals surface area contributed by atoms with Gasteiger partial charge in [-0.25, -0.2) is 22.3 Å². The Morgan fingerprint density at radius 3 is 2.33 bits per heavy atom. The number of rotatable bonds is 3. The summed E-state index contributed by atoms with van der Waals surface area (Å²) in [6, 6.07) is 1.29. The van der Waals surface area contributed by atoms with Gasteiger partial charge in [0, 0.05) is 0 Å². The predicted octanol–water partition coefficient (Wildman–Crippen LogP) is 0.867. The first-order valence-corrected chi connectivity index (χ1v) is 6.63. The summed E-state index contributed by atoms with van der Waals surface area (Å²) in [4.78, 5) is 22.0. The van der Waals surface area contributed by atoms with Gasteiger partial charge in [0.05, 0.1) is 22.4 Å². The molecule has 6 nitrogen and oxygen atoms in total. The van der Waals surface area contributed by atoms with Crippen LogP contribution in [0.15, 0.2) is 12.1 Å². The van der Waals surface area contributed by atoms with Crippen LogP contribution in [0.2, 0.25) is 5.02 Å². The van der Waals surface area contributed by atoms with Gasteiger partial charge in [0.25, 0.3) is 5.91 Å². The fraction of sp³-hybridized carbons (Fsp3) is 0.111. The summed E-state index contributed by atoms with van der Waals surface area (Å²) in [5, 5.41) is 8.29. The van der Waals surface area contributed by atoms with Crippen LogP contribution < -0.4 is 4.72 Å². The lowest BCUT2D eigenvalue weighted by Crippen LogP contribution is -2.30. The first-order valence-electron chi connectivity index (χ1n) is 4.36. The van der Waals surface area contributed by atoms with Crippen LogP contribution in [0.25, 0.3) is 0 Å². The average molecular weight is 296 g/mol. The maximum atomic E-state index is 13.4. The van der Waals surface area contributed by atoms with Gasteiger partial charge in [-0.1, -0.05) is 11.6 Å². The fourth-order valence-corrected chi connectivity index (χ4v) is 1.80. The normalized spacial score (nSPS) is 11.1. The molecule has 0 spiro atoms. The maximum absolute atomic E-state index is 13.4. The van der Waals surface area contributed by atoms with Gasteiger partial charge in [-0.05, 0) is 12.1 Å². The Morgan fingerprint density at radius 2 is 1.89 bits per heavy atom. The molecule has 1 amide bonds. The number of carboxylic acids is 1. The van der Waals surface area contributed by atoms with Crippen molar-refractivity contribution in [1.29, 1.82) is 0 Å². The van der Waals surface area contributed by atoms with E-state index in [-0.39, 0.29) is 5.02 Å². The van der Waals surface area contributed by atoms with Crippen molar-refractivity contribution in [2.24, 2.45) is 0 Å². The van der Waals surface area contributed by atoms with Crippen LogP contribution in [0.3, 0.4) is 0 Å². The summed E-state index contributed by atoms with van der Waals surface area (Å²) in [6.45, 7) is 0. The molecule has 1 aromatic rings. The topological polar surface area (TPSA) is 101 Å². The molecule has 0 bridgehead atoms.